The van der Waals surface area contributed by atoms with E-state index in [1.807, 2.05) is 6.08 Å². The summed E-state index contributed by atoms with van der Waals surface area (Å²) in [7, 11) is 0. The summed E-state index contributed by atoms with van der Waals surface area (Å²) >= 11 is 0. The number of hydrogen-bond acceptors (Lipinski definition) is 2. The van der Waals surface area contributed by atoms with Gasteiger partial charge in [-0.15, -0.1) is 0 Å². The third-order valence-corrected chi connectivity index (χ3v) is 2.56. The van der Waals surface area contributed by atoms with Crippen LogP contribution >= 0.6 is 0 Å². The Labute approximate surface area is 86.0 Å². The minimum absolute atomic E-state index is 0.386. The lowest BCUT2D eigenvalue weighted by Gasteiger charge is -2.04. The van der Waals surface area contributed by atoms with Gasteiger partial charge in [0, 0.05) is 12.8 Å². The second-order valence-corrected chi connectivity index (χ2v) is 3.90. The van der Waals surface area contributed by atoms with Crippen LogP contribution in [0.15, 0.2) is 23.7 Å². The van der Waals surface area contributed by atoms with E-state index in [1.54, 1.807) is 6.08 Å². The first kappa shape index (κ1) is 11.2. The second-order valence-electron chi connectivity index (χ2n) is 3.90. The van der Waals surface area contributed by atoms with Gasteiger partial charge in [0.25, 0.3) is 0 Å². The van der Waals surface area contributed by atoms with Crippen molar-refractivity contribution in [3.63, 3.8) is 0 Å². The highest BCUT2D eigenvalue weighted by atomic mass is 16.3. The normalized spacial score (nSPS) is 28.9. The molecule has 0 amide bonds. The van der Waals surface area contributed by atoms with Crippen LogP contribution in [-0.4, -0.2) is 10.2 Å². The molecule has 2 heteroatoms. The van der Waals surface area contributed by atoms with Gasteiger partial charge in [-0.1, -0.05) is 19.3 Å². The summed E-state index contributed by atoms with van der Waals surface area (Å²) < 4.78 is 0. The zero-order valence-corrected chi connectivity index (χ0v) is 8.71. The lowest BCUT2D eigenvalue weighted by molar-refractivity contribution is 0.366. The van der Waals surface area contributed by atoms with E-state index in [4.69, 9.17) is 0 Å². The number of aliphatic hydroxyl groups is 2. The highest BCUT2D eigenvalue weighted by Gasteiger charge is 1.98. The van der Waals surface area contributed by atoms with Crippen LogP contribution in [0.3, 0.4) is 0 Å². The third-order valence-electron chi connectivity index (χ3n) is 2.56. The molecule has 1 aliphatic rings. The Kier molecular flexibility index (Phi) is 5.20. The van der Waals surface area contributed by atoms with Crippen LogP contribution in [0.5, 0.6) is 0 Å². The SMILES string of the molecule is O/C1=C\CCCCCCC/C(O)=C/C1. The smallest absolute Gasteiger partial charge is 0.0921 e. The molecule has 0 fully saturated rings. The summed E-state index contributed by atoms with van der Waals surface area (Å²) in [6.45, 7) is 0. The maximum atomic E-state index is 9.43. The number of aliphatic hydroxyl groups excluding tert-OH is 2. The molecule has 0 bridgehead atoms. The van der Waals surface area contributed by atoms with E-state index < -0.39 is 0 Å². The van der Waals surface area contributed by atoms with Crippen LogP contribution in [0, 0.1) is 0 Å². The molecule has 0 aromatic carbocycles. The average molecular weight is 196 g/mol. The summed E-state index contributed by atoms with van der Waals surface area (Å²) in [4.78, 5) is 0. The molecule has 0 heterocycles. The molecule has 0 saturated heterocycles. The monoisotopic (exact) mass is 196 g/mol. The van der Waals surface area contributed by atoms with Gasteiger partial charge in [-0.3, -0.25) is 0 Å². The topological polar surface area (TPSA) is 40.5 Å². The van der Waals surface area contributed by atoms with Gasteiger partial charge in [-0.2, -0.15) is 0 Å². The minimum Gasteiger partial charge on any atom is -0.513 e. The van der Waals surface area contributed by atoms with Gasteiger partial charge < -0.3 is 10.2 Å². The highest BCUT2D eigenvalue weighted by Crippen LogP contribution is 2.14. The molecular weight excluding hydrogens is 176 g/mol. The Balaban J connectivity index is 2.45. The maximum absolute atomic E-state index is 9.43. The number of allylic oxidation sites excluding steroid dienone is 3. The quantitative estimate of drug-likeness (QED) is 0.614. The second kappa shape index (κ2) is 6.52. The summed E-state index contributed by atoms with van der Waals surface area (Å²) in [5.41, 5.74) is 0. The molecule has 0 aliphatic heterocycles. The van der Waals surface area contributed by atoms with Crippen molar-refractivity contribution in [1.29, 1.82) is 0 Å². The molecule has 0 spiro atoms. The van der Waals surface area contributed by atoms with Crippen molar-refractivity contribution >= 4 is 0 Å². The molecule has 1 aliphatic carbocycles. The lowest BCUT2D eigenvalue weighted by atomic mass is 10.1. The van der Waals surface area contributed by atoms with Crippen LogP contribution in [0.2, 0.25) is 0 Å². The molecule has 2 nitrogen and oxygen atoms in total. The fourth-order valence-electron chi connectivity index (χ4n) is 1.66. The van der Waals surface area contributed by atoms with Gasteiger partial charge in [0.1, 0.15) is 0 Å². The van der Waals surface area contributed by atoms with Gasteiger partial charge in [0.2, 0.25) is 0 Å². The van der Waals surface area contributed by atoms with Crippen LogP contribution in [0.1, 0.15) is 51.4 Å². The Hall–Kier alpha value is -0.920. The zero-order valence-electron chi connectivity index (χ0n) is 8.71. The Morgan fingerprint density at radius 3 is 2.36 bits per heavy atom. The molecule has 0 saturated carbocycles. The molecule has 0 aromatic rings. The molecule has 0 radical (unpaired) electrons. The first-order chi connectivity index (χ1) is 6.79. The fourth-order valence-corrected chi connectivity index (χ4v) is 1.66. The van der Waals surface area contributed by atoms with Gasteiger partial charge in [-0.25, -0.2) is 0 Å². The lowest BCUT2D eigenvalue weighted by Crippen LogP contribution is -1.88. The van der Waals surface area contributed by atoms with Gasteiger partial charge >= 0.3 is 0 Å². The standard InChI is InChI=1S/C12H20O2/c13-11-7-5-3-1-2-4-6-8-12(14)10-9-11/h7,10,13-14H,1-6,8-9H2/b11-7-,12-10-. The highest BCUT2D eigenvalue weighted by molar-refractivity contribution is 5.02. The predicted octanol–water partition coefficient (Wildman–Crippen LogP) is 4.00. The molecule has 80 valence electrons. The van der Waals surface area contributed by atoms with E-state index in [-0.39, 0.29) is 0 Å². The first-order valence-electron chi connectivity index (χ1n) is 5.55. The van der Waals surface area contributed by atoms with Gasteiger partial charge in [0.15, 0.2) is 0 Å². The fraction of sp³-hybridized carbons (Fsp3) is 0.667. The van der Waals surface area contributed by atoms with E-state index in [9.17, 15) is 10.2 Å². The number of hydrogen-bond donors (Lipinski definition) is 2. The van der Waals surface area contributed by atoms with Crippen molar-refractivity contribution in [3.05, 3.63) is 23.7 Å². The zero-order chi connectivity index (χ0) is 10.2. The van der Waals surface area contributed by atoms with E-state index >= 15 is 0 Å². The van der Waals surface area contributed by atoms with E-state index in [0.717, 1.165) is 19.3 Å². The van der Waals surface area contributed by atoms with Crippen LogP contribution in [-0.2, 0) is 0 Å². The minimum atomic E-state index is 0.386. The number of rotatable bonds is 0. The molecule has 0 atom stereocenters. The van der Waals surface area contributed by atoms with Crippen molar-refractivity contribution in [2.75, 3.05) is 0 Å². The van der Waals surface area contributed by atoms with Crippen molar-refractivity contribution in [2.45, 2.75) is 51.4 Å². The third kappa shape index (κ3) is 4.95. The molecule has 2 N–H and O–H groups in total. The van der Waals surface area contributed by atoms with E-state index in [2.05, 4.69) is 0 Å². The predicted molar refractivity (Wildman–Crippen MR) is 58.4 cm³/mol. The van der Waals surface area contributed by atoms with Gasteiger partial charge in [0.05, 0.1) is 11.5 Å². The molecule has 0 aromatic heterocycles. The van der Waals surface area contributed by atoms with E-state index in [1.165, 1.54) is 25.7 Å². The summed E-state index contributed by atoms with van der Waals surface area (Å²) in [6.07, 6.45) is 11.7. The molecule has 1 rings (SSSR count). The average Bonchev–Trinajstić information content (AvgIpc) is 2.17. The van der Waals surface area contributed by atoms with Gasteiger partial charge in [-0.05, 0) is 31.4 Å². The van der Waals surface area contributed by atoms with Crippen LogP contribution in [0.4, 0.5) is 0 Å². The summed E-state index contributed by atoms with van der Waals surface area (Å²) in [5.74, 6) is 0.808. The van der Waals surface area contributed by atoms with Crippen molar-refractivity contribution in [1.82, 2.24) is 0 Å². The summed E-state index contributed by atoms with van der Waals surface area (Å²) in [5, 5.41) is 18.9. The van der Waals surface area contributed by atoms with Crippen molar-refractivity contribution in [3.8, 4) is 0 Å². The van der Waals surface area contributed by atoms with E-state index in [0.29, 0.717) is 17.9 Å². The molecular formula is C12H20O2. The Morgan fingerprint density at radius 1 is 0.786 bits per heavy atom. The summed E-state index contributed by atoms with van der Waals surface area (Å²) in [6, 6.07) is 0. The van der Waals surface area contributed by atoms with Crippen LogP contribution in [0.25, 0.3) is 0 Å². The Bertz CT molecular complexity index is 216. The molecule has 0 unspecified atom stereocenters. The van der Waals surface area contributed by atoms with Crippen molar-refractivity contribution in [2.24, 2.45) is 0 Å². The maximum Gasteiger partial charge on any atom is 0.0921 e. The van der Waals surface area contributed by atoms with Crippen LogP contribution < -0.4 is 0 Å². The largest absolute Gasteiger partial charge is 0.513 e. The molecule has 14 heavy (non-hydrogen) atoms. The first-order valence-corrected chi connectivity index (χ1v) is 5.55. The Morgan fingerprint density at radius 2 is 1.50 bits per heavy atom. The van der Waals surface area contributed by atoms with Crippen molar-refractivity contribution < 1.29 is 10.2 Å².